The molecule has 32 heavy (non-hydrogen) atoms. The van der Waals surface area contributed by atoms with Crippen LogP contribution in [0.3, 0.4) is 0 Å². The summed E-state index contributed by atoms with van der Waals surface area (Å²) < 4.78 is 7.81. The summed E-state index contributed by atoms with van der Waals surface area (Å²) in [6.07, 6.45) is 1.68. The molecule has 9 nitrogen and oxygen atoms in total. The van der Waals surface area contributed by atoms with Gasteiger partial charge in [-0.1, -0.05) is 0 Å². The van der Waals surface area contributed by atoms with Crippen LogP contribution in [0.25, 0.3) is 0 Å². The highest BCUT2D eigenvalue weighted by atomic mass is 16.5. The number of nitrogens with zero attached hydrogens (tertiary/aromatic N) is 5. The number of piperidine rings is 1. The third kappa shape index (κ3) is 4.24. The maximum atomic E-state index is 13.3. The third-order valence-electron chi connectivity index (χ3n) is 6.62. The summed E-state index contributed by atoms with van der Waals surface area (Å²) >= 11 is 0. The van der Waals surface area contributed by atoms with Crippen LogP contribution in [0.4, 0.5) is 11.5 Å². The van der Waals surface area contributed by atoms with Gasteiger partial charge in [0.2, 0.25) is 5.91 Å². The lowest BCUT2D eigenvalue weighted by molar-refractivity contribution is -0.136. The molecule has 0 bridgehead atoms. The molecule has 1 atom stereocenters. The summed E-state index contributed by atoms with van der Waals surface area (Å²) in [4.78, 5) is 44.0. The normalized spacial score (nSPS) is 19.2. The van der Waals surface area contributed by atoms with E-state index >= 15 is 0 Å². The summed E-state index contributed by atoms with van der Waals surface area (Å²) in [6.45, 7) is 4.21. The van der Waals surface area contributed by atoms with E-state index in [-0.39, 0.29) is 23.1 Å². The Morgan fingerprint density at radius 1 is 0.938 bits per heavy atom. The highest BCUT2D eigenvalue weighted by Gasteiger charge is 2.32. The van der Waals surface area contributed by atoms with E-state index in [2.05, 4.69) is 4.90 Å². The summed E-state index contributed by atoms with van der Waals surface area (Å²) in [5.74, 6) is 1.45. The van der Waals surface area contributed by atoms with E-state index in [1.54, 1.807) is 14.2 Å². The second-order valence-electron chi connectivity index (χ2n) is 8.54. The largest absolute Gasteiger partial charge is 0.497 e. The molecule has 2 aliphatic heterocycles. The summed E-state index contributed by atoms with van der Waals surface area (Å²) in [5, 5.41) is 0. The second kappa shape index (κ2) is 9.10. The Labute approximate surface area is 187 Å². The van der Waals surface area contributed by atoms with Crippen LogP contribution in [0.5, 0.6) is 5.75 Å². The molecule has 1 aromatic carbocycles. The first-order chi connectivity index (χ1) is 15.4. The van der Waals surface area contributed by atoms with Crippen LogP contribution in [0.1, 0.15) is 12.8 Å². The number of hydrogen-bond acceptors (Lipinski definition) is 6. The zero-order chi connectivity index (χ0) is 22.8. The van der Waals surface area contributed by atoms with Crippen molar-refractivity contribution in [3.8, 4) is 5.75 Å². The molecule has 1 amide bonds. The van der Waals surface area contributed by atoms with Crippen LogP contribution >= 0.6 is 0 Å². The van der Waals surface area contributed by atoms with Crippen molar-refractivity contribution in [2.45, 2.75) is 12.8 Å². The molecule has 0 radical (unpaired) electrons. The summed E-state index contributed by atoms with van der Waals surface area (Å²) in [7, 11) is 4.80. The Morgan fingerprint density at radius 2 is 1.62 bits per heavy atom. The number of benzene rings is 1. The van der Waals surface area contributed by atoms with Gasteiger partial charge in [-0.05, 0) is 37.1 Å². The van der Waals surface area contributed by atoms with E-state index in [9.17, 15) is 14.4 Å². The number of rotatable bonds is 4. The molecule has 0 aliphatic carbocycles. The first-order valence-corrected chi connectivity index (χ1v) is 11.1. The molecule has 0 spiro atoms. The SMILES string of the molecule is COc1ccc(N2CCN(C(=O)C3CCCN(c4cc(=O)n(C)c(=O)n4C)C3)CC2)cc1. The molecule has 1 aromatic heterocycles. The number of anilines is 2. The first kappa shape index (κ1) is 22.0. The maximum Gasteiger partial charge on any atom is 0.332 e. The van der Waals surface area contributed by atoms with Crippen molar-refractivity contribution >= 4 is 17.4 Å². The van der Waals surface area contributed by atoms with Crippen molar-refractivity contribution in [1.29, 1.82) is 0 Å². The molecule has 2 aliphatic rings. The average Bonchev–Trinajstić information content (AvgIpc) is 2.84. The van der Waals surface area contributed by atoms with Crippen molar-refractivity contribution in [2.24, 2.45) is 20.0 Å². The molecule has 3 heterocycles. The zero-order valence-electron chi connectivity index (χ0n) is 19.0. The van der Waals surface area contributed by atoms with E-state index in [1.807, 2.05) is 34.1 Å². The zero-order valence-corrected chi connectivity index (χ0v) is 19.0. The maximum absolute atomic E-state index is 13.3. The minimum absolute atomic E-state index is 0.129. The molecule has 2 saturated heterocycles. The number of amides is 1. The summed E-state index contributed by atoms with van der Waals surface area (Å²) in [6, 6.07) is 9.48. The van der Waals surface area contributed by atoms with Crippen LogP contribution in [0.2, 0.25) is 0 Å². The van der Waals surface area contributed by atoms with Crippen LogP contribution in [0, 0.1) is 5.92 Å². The molecule has 172 valence electrons. The number of carbonyl (C=O) groups excluding carboxylic acids is 1. The van der Waals surface area contributed by atoms with Gasteiger partial charge < -0.3 is 19.4 Å². The second-order valence-corrected chi connectivity index (χ2v) is 8.54. The van der Waals surface area contributed by atoms with E-state index in [4.69, 9.17) is 4.74 Å². The van der Waals surface area contributed by atoms with E-state index < -0.39 is 0 Å². The Bertz CT molecular complexity index is 1080. The van der Waals surface area contributed by atoms with Gasteiger partial charge in [-0.25, -0.2) is 4.79 Å². The lowest BCUT2D eigenvalue weighted by atomic mass is 9.96. The number of carbonyl (C=O) groups is 1. The number of piperazine rings is 1. The number of methoxy groups -OCH3 is 1. The minimum atomic E-state index is -0.351. The van der Waals surface area contributed by atoms with Gasteiger partial charge in [0.15, 0.2) is 0 Å². The fourth-order valence-electron chi connectivity index (χ4n) is 4.65. The Balaban J connectivity index is 1.40. The van der Waals surface area contributed by atoms with Crippen molar-refractivity contribution < 1.29 is 9.53 Å². The van der Waals surface area contributed by atoms with Gasteiger partial charge >= 0.3 is 5.69 Å². The molecule has 0 N–H and O–H groups in total. The van der Waals surface area contributed by atoms with E-state index in [0.717, 1.165) is 48.5 Å². The third-order valence-corrected chi connectivity index (χ3v) is 6.62. The van der Waals surface area contributed by atoms with Gasteiger partial charge in [0.1, 0.15) is 11.6 Å². The van der Waals surface area contributed by atoms with Gasteiger partial charge in [0.25, 0.3) is 5.56 Å². The Morgan fingerprint density at radius 3 is 2.28 bits per heavy atom. The van der Waals surface area contributed by atoms with Crippen molar-refractivity contribution in [3.63, 3.8) is 0 Å². The molecular formula is C23H31N5O4. The monoisotopic (exact) mass is 441 g/mol. The van der Waals surface area contributed by atoms with E-state index in [0.29, 0.717) is 25.5 Å². The van der Waals surface area contributed by atoms with Crippen molar-refractivity contribution in [2.75, 3.05) is 56.2 Å². The molecular weight excluding hydrogens is 410 g/mol. The van der Waals surface area contributed by atoms with Crippen LogP contribution in [0.15, 0.2) is 39.9 Å². The first-order valence-electron chi connectivity index (χ1n) is 11.1. The van der Waals surface area contributed by atoms with Gasteiger partial charge in [-0.3, -0.25) is 18.7 Å². The predicted octanol–water partition coefficient (Wildman–Crippen LogP) is 0.658. The Kier molecular flexibility index (Phi) is 6.25. The van der Waals surface area contributed by atoms with Crippen LogP contribution < -0.4 is 25.8 Å². The molecule has 4 rings (SSSR count). The number of aromatic nitrogens is 2. The molecule has 2 aromatic rings. The molecule has 0 saturated carbocycles. The smallest absolute Gasteiger partial charge is 0.332 e. The van der Waals surface area contributed by atoms with Crippen molar-refractivity contribution in [1.82, 2.24) is 14.0 Å². The lowest BCUT2D eigenvalue weighted by Gasteiger charge is -2.40. The molecule has 1 unspecified atom stereocenters. The highest BCUT2D eigenvalue weighted by molar-refractivity contribution is 5.80. The van der Waals surface area contributed by atoms with Gasteiger partial charge in [0, 0.05) is 65.1 Å². The highest BCUT2D eigenvalue weighted by Crippen LogP contribution is 2.25. The minimum Gasteiger partial charge on any atom is -0.497 e. The molecule has 9 heteroatoms. The van der Waals surface area contributed by atoms with Crippen LogP contribution in [-0.4, -0.2) is 66.3 Å². The van der Waals surface area contributed by atoms with E-state index in [1.165, 1.54) is 17.7 Å². The molecule has 2 fully saturated rings. The predicted molar refractivity (Wildman–Crippen MR) is 124 cm³/mol. The van der Waals surface area contributed by atoms with Crippen molar-refractivity contribution in [3.05, 3.63) is 51.2 Å². The fraction of sp³-hybridized carbons (Fsp3) is 0.522. The lowest BCUT2D eigenvalue weighted by Crippen LogP contribution is -2.53. The fourth-order valence-corrected chi connectivity index (χ4v) is 4.65. The number of ether oxygens (including phenoxy) is 1. The van der Waals surface area contributed by atoms with Gasteiger partial charge in [-0.2, -0.15) is 0 Å². The number of hydrogen-bond donors (Lipinski definition) is 0. The topological polar surface area (TPSA) is 80.0 Å². The standard InChI is InChI=1S/C23H31N5O4/c1-24-20(15-21(29)25(2)23(24)31)28-10-4-5-17(16-28)22(30)27-13-11-26(12-14-27)18-6-8-19(32-3)9-7-18/h6-9,15,17H,4-5,10-14,16H2,1-3H3. The van der Waals surface area contributed by atoms with Gasteiger partial charge in [-0.15, -0.1) is 0 Å². The average molecular weight is 442 g/mol. The van der Waals surface area contributed by atoms with Crippen LogP contribution in [-0.2, 0) is 18.9 Å². The van der Waals surface area contributed by atoms with Gasteiger partial charge in [0.05, 0.1) is 13.0 Å². The summed E-state index contributed by atoms with van der Waals surface area (Å²) in [5.41, 5.74) is 0.454. The quantitative estimate of drug-likeness (QED) is 0.694. The Hall–Kier alpha value is -3.23.